The summed E-state index contributed by atoms with van der Waals surface area (Å²) in [5.41, 5.74) is 0. The highest BCUT2D eigenvalue weighted by atomic mass is 32.1. The fourth-order valence-electron chi connectivity index (χ4n) is 0.0667. The van der Waals surface area contributed by atoms with Crippen LogP contribution in [-0.4, -0.2) is 23.3 Å². The third-order valence-corrected chi connectivity index (χ3v) is 0.373. The predicted octanol–water partition coefficient (Wildman–Crippen LogP) is -1.14. The van der Waals surface area contributed by atoms with Gasteiger partial charge in [0.1, 0.15) is 0 Å². The van der Waals surface area contributed by atoms with Crippen LogP contribution in [0.25, 0.3) is 0 Å². The molecule has 0 saturated heterocycles. The summed E-state index contributed by atoms with van der Waals surface area (Å²) in [4.78, 5) is 0. The standard InChI is InChI=1S/CH5BO3S/c3-2(4)5-1-6/h3-4,6H,1H2. The second-order valence-electron chi connectivity index (χ2n) is 0.622. The maximum Gasteiger partial charge on any atom is 0.634 e. The van der Waals surface area contributed by atoms with E-state index in [1.165, 1.54) is 0 Å². The second kappa shape index (κ2) is 3.48. The fourth-order valence-corrected chi connectivity index (χ4v) is 0.200. The molecular formula is CH5BO3S. The number of hydrogen-bond acceptors (Lipinski definition) is 4. The first kappa shape index (κ1) is 6.29. The molecular weight excluding hydrogens is 103 g/mol. The van der Waals surface area contributed by atoms with Crippen LogP contribution in [0.1, 0.15) is 0 Å². The van der Waals surface area contributed by atoms with Crippen molar-refractivity contribution < 1.29 is 14.7 Å². The van der Waals surface area contributed by atoms with E-state index in [-0.39, 0.29) is 5.94 Å². The van der Waals surface area contributed by atoms with Gasteiger partial charge in [-0.05, 0) is 0 Å². The van der Waals surface area contributed by atoms with E-state index >= 15 is 0 Å². The molecule has 0 aromatic heterocycles. The Kier molecular flexibility index (Phi) is 3.66. The highest BCUT2D eigenvalue weighted by Gasteiger charge is 2.03. The average Bonchev–Trinajstić information content (AvgIpc) is 1.35. The highest BCUT2D eigenvalue weighted by Crippen LogP contribution is 1.75. The lowest BCUT2D eigenvalue weighted by Crippen LogP contribution is -2.15. The van der Waals surface area contributed by atoms with Crippen molar-refractivity contribution in [1.82, 2.24) is 0 Å². The van der Waals surface area contributed by atoms with Crippen LogP contribution in [0.5, 0.6) is 0 Å². The van der Waals surface area contributed by atoms with Gasteiger partial charge in [-0.2, -0.15) is 12.6 Å². The molecule has 3 nitrogen and oxygen atoms in total. The van der Waals surface area contributed by atoms with Crippen molar-refractivity contribution in [3.05, 3.63) is 0 Å². The first-order chi connectivity index (χ1) is 2.77. The molecule has 2 N–H and O–H groups in total. The van der Waals surface area contributed by atoms with Crippen LogP contribution in [0.2, 0.25) is 0 Å². The van der Waals surface area contributed by atoms with Crippen LogP contribution >= 0.6 is 12.6 Å². The molecule has 0 heterocycles. The smallest absolute Gasteiger partial charge is 0.402 e. The van der Waals surface area contributed by atoms with E-state index in [1.54, 1.807) is 0 Å². The molecule has 0 aliphatic heterocycles. The summed E-state index contributed by atoms with van der Waals surface area (Å²) < 4.78 is 4.02. The third-order valence-electron chi connectivity index (χ3n) is 0.224. The monoisotopic (exact) mass is 108 g/mol. The highest BCUT2D eigenvalue weighted by molar-refractivity contribution is 7.80. The first-order valence-corrected chi connectivity index (χ1v) is 1.99. The van der Waals surface area contributed by atoms with Crippen molar-refractivity contribution in [2.45, 2.75) is 0 Å². The van der Waals surface area contributed by atoms with Gasteiger partial charge < -0.3 is 14.7 Å². The fraction of sp³-hybridized carbons (Fsp3) is 1.00. The van der Waals surface area contributed by atoms with Gasteiger partial charge in [0.15, 0.2) is 0 Å². The summed E-state index contributed by atoms with van der Waals surface area (Å²) in [7, 11) is -1.68. The minimum atomic E-state index is -1.68. The SMILES string of the molecule is OB(O)OCS. The van der Waals surface area contributed by atoms with Gasteiger partial charge in [-0.25, -0.2) is 0 Å². The van der Waals surface area contributed by atoms with E-state index in [2.05, 4.69) is 17.3 Å². The summed E-state index contributed by atoms with van der Waals surface area (Å²) in [6.07, 6.45) is 0. The molecule has 0 aromatic rings. The van der Waals surface area contributed by atoms with E-state index in [4.69, 9.17) is 10.0 Å². The van der Waals surface area contributed by atoms with Gasteiger partial charge in [-0.15, -0.1) is 0 Å². The molecule has 0 amide bonds. The van der Waals surface area contributed by atoms with Crippen molar-refractivity contribution in [2.75, 3.05) is 5.94 Å². The van der Waals surface area contributed by atoms with Crippen molar-refractivity contribution in [3.8, 4) is 0 Å². The molecule has 0 atom stereocenters. The second-order valence-corrected chi connectivity index (χ2v) is 0.880. The van der Waals surface area contributed by atoms with E-state index in [0.717, 1.165) is 0 Å². The molecule has 0 aliphatic carbocycles. The molecule has 0 bridgehead atoms. The zero-order valence-electron chi connectivity index (χ0n) is 3.03. The molecule has 0 unspecified atom stereocenters. The summed E-state index contributed by atoms with van der Waals surface area (Å²) in [6, 6.07) is 0. The molecule has 36 valence electrons. The first-order valence-electron chi connectivity index (χ1n) is 1.36. The average molecular weight is 108 g/mol. The number of thiol groups is 1. The van der Waals surface area contributed by atoms with Crippen molar-refractivity contribution >= 4 is 20.0 Å². The topological polar surface area (TPSA) is 49.7 Å². The van der Waals surface area contributed by atoms with Crippen molar-refractivity contribution in [3.63, 3.8) is 0 Å². The van der Waals surface area contributed by atoms with Crippen LogP contribution < -0.4 is 0 Å². The molecule has 0 aromatic carbocycles. The van der Waals surface area contributed by atoms with E-state index in [0.29, 0.717) is 0 Å². The lowest BCUT2D eigenvalue weighted by atomic mass is 10.3. The molecule has 0 fully saturated rings. The Hall–Kier alpha value is 0.295. The van der Waals surface area contributed by atoms with Gasteiger partial charge >= 0.3 is 7.32 Å². The molecule has 6 heavy (non-hydrogen) atoms. The van der Waals surface area contributed by atoms with Gasteiger partial charge in [-0.3, -0.25) is 0 Å². The van der Waals surface area contributed by atoms with Gasteiger partial charge in [0.25, 0.3) is 0 Å². The maximum absolute atomic E-state index is 7.84. The molecule has 0 saturated carbocycles. The van der Waals surface area contributed by atoms with Crippen LogP contribution in [-0.2, 0) is 4.65 Å². The van der Waals surface area contributed by atoms with Gasteiger partial charge in [-0.1, -0.05) is 0 Å². The Bertz CT molecular complexity index is 32.0. The Morgan fingerprint density at radius 2 is 2.17 bits per heavy atom. The van der Waals surface area contributed by atoms with Gasteiger partial charge in [0.05, 0.1) is 5.94 Å². The van der Waals surface area contributed by atoms with Crippen LogP contribution in [0.15, 0.2) is 0 Å². The Morgan fingerprint density at radius 3 is 2.17 bits per heavy atom. The lowest BCUT2D eigenvalue weighted by Gasteiger charge is -1.91. The zero-order valence-corrected chi connectivity index (χ0v) is 3.93. The summed E-state index contributed by atoms with van der Waals surface area (Å²) in [6.45, 7) is 0. The Labute approximate surface area is 41.5 Å². The number of hydrogen-bond donors (Lipinski definition) is 3. The van der Waals surface area contributed by atoms with E-state index < -0.39 is 7.32 Å². The molecule has 0 rings (SSSR count). The predicted molar refractivity (Wildman–Crippen MR) is 25.1 cm³/mol. The Morgan fingerprint density at radius 1 is 1.67 bits per heavy atom. The van der Waals surface area contributed by atoms with Crippen LogP contribution in [0.4, 0.5) is 0 Å². The van der Waals surface area contributed by atoms with Crippen LogP contribution in [0, 0.1) is 0 Å². The maximum atomic E-state index is 7.84. The minimum Gasteiger partial charge on any atom is -0.402 e. The van der Waals surface area contributed by atoms with Gasteiger partial charge in [0, 0.05) is 0 Å². The third kappa shape index (κ3) is 4.29. The van der Waals surface area contributed by atoms with E-state index in [9.17, 15) is 0 Å². The largest absolute Gasteiger partial charge is 0.634 e. The zero-order chi connectivity index (χ0) is 4.99. The summed E-state index contributed by atoms with van der Waals surface area (Å²) in [5, 5.41) is 15.7. The normalized spacial score (nSPS) is 8.50. The molecule has 0 aliphatic rings. The minimum absolute atomic E-state index is 0.0255. The summed E-state index contributed by atoms with van der Waals surface area (Å²) in [5.74, 6) is 0.0255. The summed E-state index contributed by atoms with van der Waals surface area (Å²) >= 11 is 3.52. The van der Waals surface area contributed by atoms with E-state index in [1.807, 2.05) is 0 Å². The molecule has 5 heteroatoms. The number of rotatable bonds is 2. The quantitative estimate of drug-likeness (QED) is 0.238. The lowest BCUT2D eigenvalue weighted by molar-refractivity contribution is 0.220. The van der Waals surface area contributed by atoms with Crippen molar-refractivity contribution in [1.29, 1.82) is 0 Å². The van der Waals surface area contributed by atoms with Gasteiger partial charge in [0.2, 0.25) is 0 Å². The molecule has 0 radical (unpaired) electrons. The molecule has 0 spiro atoms. The Balaban J connectivity index is 2.63. The van der Waals surface area contributed by atoms with Crippen LogP contribution in [0.3, 0.4) is 0 Å². The van der Waals surface area contributed by atoms with Crippen molar-refractivity contribution in [2.24, 2.45) is 0 Å².